The molecule has 1 rings (SSSR count). The van der Waals surface area contributed by atoms with E-state index in [1.807, 2.05) is 0 Å². The van der Waals surface area contributed by atoms with Crippen molar-refractivity contribution in [3.05, 3.63) is 22.2 Å². The maximum Gasteiger partial charge on any atom is 0.238 e. The average molecular weight is 357 g/mol. The van der Waals surface area contributed by atoms with Gasteiger partial charge < -0.3 is 0 Å². The van der Waals surface area contributed by atoms with Gasteiger partial charge in [0.05, 0.1) is 16.3 Å². The highest BCUT2D eigenvalue weighted by molar-refractivity contribution is 9.10. The van der Waals surface area contributed by atoms with E-state index >= 15 is 0 Å². The molecule has 0 saturated heterocycles. The van der Waals surface area contributed by atoms with Crippen LogP contribution < -0.4 is 9.86 Å². The van der Waals surface area contributed by atoms with Crippen LogP contribution in [0.2, 0.25) is 0 Å². The summed E-state index contributed by atoms with van der Waals surface area (Å²) >= 11 is 3.11. The highest BCUT2D eigenvalue weighted by Crippen LogP contribution is 2.29. The summed E-state index contributed by atoms with van der Waals surface area (Å²) in [4.78, 5) is -0.0474. The third-order valence-corrected chi connectivity index (χ3v) is 5.22. The van der Waals surface area contributed by atoms with Gasteiger partial charge in [0.1, 0.15) is 0 Å². The number of hydrogen-bond acceptors (Lipinski definition) is 4. The third kappa shape index (κ3) is 3.67. The summed E-state index contributed by atoms with van der Waals surface area (Å²) in [5, 5.41) is 5.04. The van der Waals surface area contributed by atoms with Crippen LogP contribution in [0.5, 0.6) is 0 Å². The first-order valence-electron chi connectivity index (χ1n) is 4.90. The van der Waals surface area contributed by atoms with E-state index in [1.54, 1.807) is 0 Å². The van der Waals surface area contributed by atoms with E-state index in [4.69, 9.17) is 5.14 Å². The van der Waals surface area contributed by atoms with Gasteiger partial charge in [-0.05, 0) is 47.5 Å². The van der Waals surface area contributed by atoms with Crippen molar-refractivity contribution in [1.82, 2.24) is 0 Å². The van der Waals surface area contributed by atoms with Gasteiger partial charge in [-0.15, -0.1) is 0 Å². The Hall–Kier alpha value is -0.640. The molecule has 3 N–H and O–H groups in total. The van der Waals surface area contributed by atoms with Crippen molar-refractivity contribution in [2.45, 2.75) is 18.7 Å². The molecule has 0 bridgehead atoms. The SMILES string of the molecule is CCS(=O)(=O)Nc1cc(C)c(S(N)(=O)=O)cc1Br. The van der Waals surface area contributed by atoms with Crippen molar-refractivity contribution < 1.29 is 16.8 Å². The second-order valence-electron chi connectivity index (χ2n) is 3.65. The number of nitrogens with two attached hydrogens (primary N) is 1. The second-order valence-corrected chi connectivity index (χ2v) is 8.04. The molecule has 6 nitrogen and oxygen atoms in total. The molecule has 0 aliphatic rings. The fraction of sp³-hybridized carbons (Fsp3) is 0.333. The molecule has 0 saturated carbocycles. The summed E-state index contributed by atoms with van der Waals surface area (Å²) in [7, 11) is -7.25. The van der Waals surface area contributed by atoms with Crippen LogP contribution in [-0.4, -0.2) is 22.6 Å². The molecule has 1 aromatic carbocycles. The Bertz CT molecular complexity index is 668. The summed E-state index contributed by atoms with van der Waals surface area (Å²) in [5.41, 5.74) is 0.649. The Morgan fingerprint density at radius 3 is 2.28 bits per heavy atom. The highest BCUT2D eigenvalue weighted by atomic mass is 79.9. The normalized spacial score (nSPS) is 12.4. The molecule has 0 aromatic heterocycles. The van der Waals surface area contributed by atoms with E-state index in [0.29, 0.717) is 10.0 Å². The van der Waals surface area contributed by atoms with Crippen molar-refractivity contribution in [1.29, 1.82) is 0 Å². The Labute approximate surface area is 115 Å². The molecule has 0 unspecified atom stereocenters. The number of halogens is 1. The zero-order chi connectivity index (χ0) is 14.1. The molecular weight excluding hydrogens is 344 g/mol. The molecule has 0 amide bonds. The number of benzene rings is 1. The maximum atomic E-state index is 11.4. The topological polar surface area (TPSA) is 106 Å². The van der Waals surface area contributed by atoms with E-state index < -0.39 is 20.0 Å². The average Bonchev–Trinajstić information content (AvgIpc) is 2.21. The van der Waals surface area contributed by atoms with Gasteiger partial charge in [-0.25, -0.2) is 22.0 Å². The number of nitrogens with one attached hydrogen (secondary N) is 1. The first kappa shape index (κ1) is 15.4. The number of rotatable bonds is 4. The van der Waals surface area contributed by atoms with Gasteiger partial charge >= 0.3 is 0 Å². The minimum atomic E-state index is -3.83. The number of aryl methyl sites for hydroxylation is 1. The quantitative estimate of drug-likeness (QED) is 0.843. The lowest BCUT2D eigenvalue weighted by atomic mass is 10.2. The van der Waals surface area contributed by atoms with Gasteiger partial charge in [0.2, 0.25) is 20.0 Å². The summed E-state index contributed by atoms with van der Waals surface area (Å²) in [6, 6.07) is 2.69. The lowest BCUT2D eigenvalue weighted by Gasteiger charge is -2.11. The van der Waals surface area contributed by atoms with E-state index in [9.17, 15) is 16.8 Å². The number of anilines is 1. The van der Waals surface area contributed by atoms with Gasteiger partial charge in [0, 0.05) is 4.47 Å². The molecule has 0 heterocycles. The standard InChI is InChI=1S/C9H13BrN2O4S2/c1-3-17(13,14)12-8-4-6(2)9(5-7(8)10)18(11,15)16/h4-5,12H,3H2,1-2H3,(H2,11,15,16). The van der Waals surface area contributed by atoms with Crippen molar-refractivity contribution in [3.63, 3.8) is 0 Å². The predicted octanol–water partition coefficient (Wildman–Crippen LogP) is 1.17. The fourth-order valence-corrected chi connectivity index (χ4v) is 3.45. The van der Waals surface area contributed by atoms with Gasteiger partial charge in [0.15, 0.2) is 0 Å². The largest absolute Gasteiger partial charge is 0.282 e. The minimum absolute atomic E-state index is 0.0474. The Kier molecular flexibility index (Phi) is 4.42. The number of sulfonamides is 2. The minimum Gasteiger partial charge on any atom is -0.282 e. The van der Waals surface area contributed by atoms with Crippen LogP contribution in [0.3, 0.4) is 0 Å². The zero-order valence-electron chi connectivity index (χ0n) is 9.77. The molecular formula is C9H13BrN2O4S2. The molecule has 1 aromatic rings. The predicted molar refractivity (Wildman–Crippen MR) is 73.3 cm³/mol. The number of hydrogen-bond donors (Lipinski definition) is 2. The molecule has 9 heteroatoms. The molecule has 102 valence electrons. The van der Waals surface area contributed by atoms with E-state index in [-0.39, 0.29) is 16.3 Å². The summed E-state index contributed by atoms with van der Waals surface area (Å²) in [6.45, 7) is 3.04. The van der Waals surface area contributed by atoms with Gasteiger partial charge in [-0.1, -0.05) is 0 Å². The lowest BCUT2D eigenvalue weighted by molar-refractivity contribution is 0.597. The first-order chi connectivity index (χ1) is 8.07. The monoisotopic (exact) mass is 356 g/mol. The molecule has 0 fully saturated rings. The van der Waals surface area contributed by atoms with Gasteiger partial charge in [0.25, 0.3) is 0 Å². The Balaban J connectivity index is 3.33. The summed E-state index contributed by atoms with van der Waals surface area (Å²) < 4.78 is 48.1. The van der Waals surface area contributed by atoms with Crippen LogP contribution in [0, 0.1) is 6.92 Å². The van der Waals surface area contributed by atoms with Crippen molar-refractivity contribution in [3.8, 4) is 0 Å². The van der Waals surface area contributed by atoms with Crippen LogP contribution in [0.4, 0.5) is 5.69 Å². The van der Waals surface area contributed by atoms with Crippen molar-refractivity contribution in [2.75, 3.05) is 10.5 Å². The van der Waals surface area contributed by atoms with Crippen molar-refractivity contribution in [2.24, 2.45) is 5.14 Å². The summed E-state index contributed by atoms with van der Waals surface area (Å²) in [6.07, 6.45) is 0. The molecule has 0 radical (unpaired) electrons. The van der Waals surface area contributed by atoms with E-state index in [2.05, 4.69) is 20.7 Å². The van der Waals surface area contributed by atoms with Crippen molar-refractivity contribution >= 4 is 41.7 Å². The Morgan fingerprint density at radius 1 is 1.28 bits per heavy atom. The van der Waals surface area contributed by atoms with Gasteiger partial charge in [-0.2, -0.15) is 0 Å². The Morgan fingerprint density at radius 2 is 1.83 bits per heavy atom. The third-order valence-electron chi connectivity index (χ3n) is 2.22. The molecule has 18 heavy (non-hydrogen) atoms. The van der Waals surface area contributed by atoms with Crippen LogP contribution in [0.15, 0.2) is 21.5 Å². The van der Waals surface area contributed by atoms with E-state index in [1.165, 1.54) is 26.0 Å². The van der Waals surface area contributed by atoms with Crippen LogP contribution in [0.1, 0.15) is 12.5 Å². The first-order valence-corrected chi connectivity index (χ1v) is 8.89. The summed E-state index contributed by atoms with van der Waals surface area (Å²) in [5.74, 6) is -0.0740. The molecule has 0 aliphatic heterocycles. The smallest absolute Gasteiger partial charge is 0.238 e. The molecule has 0 atom stereocenters. The lowest BCUT2D eigenvalue weighted by Crippen LogP contribution is -2.17. The number of primary sulfonamides is 1. The zero-order valence-corrected chi connectivity index (χ0v) is 13.0. The van der Waals surface area contributed by atoms with Crippen LogP contribution >= 0.6 is 15.9 Å². The second kappa shape index (κ2) is 5.16. The van der Waals surface area contributed by atoms with E-state index in [0.717, 1.165) is 0 Å². The van der Waals surface area contributed by atoms with Crippen LogP contribution in [0.25, 0.3) is 0 Å². The fourth-order valence-electron chi connectivity index (χ4n) is 1.29. The maximum absolute atomic E-state index is 11.4. The molecule has 0 spiro atoms. The molecule has 0 aliphatic carbocycles. The highest BCUT2D eigenvalue weighted by Gasteiger charge is 2.16. The van der Waals surface area contributed by atoms with Gasteiger partial charge in [-0.3, -0.25) is 4.72 Å². The van der Waals surface area contributed by atoms with Crippen LogP contribution in [-0.2, 0) is 20.0 Å².